The highest BCUT2D eigenvalue weighted by Crippen LogP contribution is 2.71. The van der Waals surface area contributed by atoms with Crippen LogP contribution >= 0.6 is 0 Å². The van der Waals surface area contributed by atoms with E-state index in [4.69, 9.17) is 28.4 Å². The number of aliphatic hydroxyl groups is 1. The number of hydrogen-bond donors (Lipinski definition) is 1. The summed E-state index contributed by atoms with van der Waals surface area (Å²) in [6.45, 7) is 2.10. The maximum atomic E-state index is 12.7. The topological polar surface area (TPSA) is 113 Å². The van der Waals surface area contributed by atoms with Crippen molar-refractivity contribution in [2.75, 3.05) is 27.4 Å². The molecule has 2 aliphatic heterocycles. The molecule has 0 amide bonds. The monoisotopic (exact) mass is 398 g/mol. The van der Waals surface area contributed by atoms with Crippen molar-refractivity contribution in [2.45, 2.75) is 55.6 Å². The normalized spacial score (nSPS) is 50.0. The molecule has 5 fully saturated rings. The number of epoxide rings is 1. The Kier molecular flexibility index (Phi) is 4.10. The molecule has 3 unspecified atom stereocenters. The van der Waals surface area contributed by atoms with Gasteiger partial charge in [-0.25, -0.2) is 0 Å². The fraction of sp³-hybridized carbons (Fsp3) is 0.895. The molecular formula is C19H26O9. The lowest BCUT2D eigenvalue weighted by atomic mass is 9.69. The Hall–Kier alpha value is -1.26. The number of esters is 2. The van der Waals surface area contributed by atoms with Crippen LogP contribution < -0.4 is 0 Å². The van der Waals surface area contributed by atoms with Crippen LogP contribution in [0.15, 0.2) is 0 Å². The Morgan fingerprint density at radius 2 is 1.82 bits per heavy atom. The summed E-state index contributed by atoms with van der Waals surface area (Å²) in [7, 11) is 2.92. The number of carbonyl (C=O) groups is 2. The van der Waals surface area contributed by atoms with Gasteiger partial charge in [-0.15, -0.1) is 0 Å². The summed E-state index contributed by atoms with van der Waals surface area (Å²) in [6.07, 6.45) is -1.49. The van der Waals surface area contributed by atoms with E-state index < -0.39 is 41.5 Å². The van der Waals surface area contributed by atoms with Gasteiger partial charge in [0.2, 0.25) is 5.79 Å². The minimum atomic E-state index is -1.20. The molecule has 9 heteroatoms. The minimum absolute atomic E-state index is 0.0875. The van der Waals surface area contributed by atoms with E-state index in [1.165, 1.54) is 14.0 Å². The van der Waals surface area contributed by atoms with Crippen molar-refractivity contribution in [2.24, 2.45) is 23.7 Å². The van der Waals surface area contributed by atoms with Gasteiger partial charge in [0, 0.05) is 32.3 Å². The Morgan fingerprint density at radius 3 is 2.43 bits per heavy atom. The number of ether oxygens (including phenoxy) is 6. The van der Waals surface area contributed by atoms with Crippen LogP contribution in [-0.4, -0.2) is 80.3 Å². The number of fused-ring (bicyclic) bond motifs is 1. The molecule has 2 spiro atoms. The second-order valence-electron chi connectivity index (χ2n) is 8.47. The SMILES string of the molecule is COC(=O)C1C(O)CC2(OCCO2)[C@@]23O[C@@H]2[C@H](OC)[C@H]2C[C@@H]1[C@@H]3C2OC(C)=O. The third kappa shape index (κ3) is 2.14. The molecule has 2 saturated heterocycles. The Labute approximate surface area is 162 Å². The summed E-state index contributed by atoms with van der Waals surface area (Å²) in [5, 5.41) is 11.0. The van der Waals surface area contributed by atoms with Gasteiger partial charge in [0.1, 0.15) is 12.2 Å². The van der Waals surface area contributed by atoms with E-state index >= 15 is 0 Å². The maximum Gasteiger partial charge on any atom is 0.311 e. The van der Waals surface area contributed by atoms with E-state index in [0.29, 0.717) is 19.6 Å². The fourth-order valence-electron chi connectivity index (χ4n) is 6.66. The van der Waals surface area contributed by atoms with E-state index in [1.807, 2.05) is 0 Å². The zero-order chi connectivity index (χ0) is 19.8. The quantitative estimate of drug-likeness (QED) is 0.503. The van der Waals surface area contributed by atoms with Crippen molar-refractivity contribution < 1.29 is 43.1 Å². The van der Waals surface area contributed by atoms with Crippen LogP contribution in [-0.2, 0) is 38.0 Å². The number of aliphatic hydroxyl groups excluding tert-OH is 1. The van der Waals surface area contributed by atoms with Crippen molar-refractivity contribution in [3.63, 3.8) is 0 Å². The summed E-state index contributed by atoms with van der Waals surface area (Å²) >= 11 is 0. The molecule has 0 radical (unpaired) electrons. The number of rotatable bonds is 3. The average Bonchev–Trinajstić information content (AvgIpc) is 3.12. The van der Waals surface area contributed by atoms with Crippen molar-refractivity contribution in [1.29, 1.82) is 0 Å². The third-order valence-corrected chi connectivity index (χ3v) is 7.43. The van der Waals surface area contributed by atoms with Gasteiger partial charge in [-0.2, -0.15) is 0 Å². The van der Waals surface area contributed by atoms with E-state index in [0.717, 1.165) is 0 Å². The molecule has 9 atom stereocenters. The van der Waals surface area contributed by atoms with Gasteiger partial charge in [0.05, 0.1) is 38.4 Å². The molecule has 3 saturated carbocycles. The highest BCUT2D eigenvalue weighted by molar-refractivity contribution is 5.74. The van der Waals surface area contributed by atoms with Gasteiger partial charge in [0.25, 0.3) is 0 Å². The van der Waals surface area contributed by atoms with E-state index in [1.54, 1.807) is 7.11 Å². The predicted molar refractivity (Wildman–Crippen MR) is 89.8 cm³/mol. The molecule has 9 nitrogen and oxygen atoms in total. The predicted octanol–water partition coefficient (Wildman–Crippen LogP) is -0.366. The molecular weight excluding hydrogens is 372 g/mol. The first kappa shape index (κ1) is 18.7. The Bertz CT molecular complexity index is 689. The molecule has 156 valence electrons. The minimum Gasteiger partial charge on any atom is -0.469 e. The zero-order valence-electron chi connectivity index (χ0n) is 16.2. The van der Waals surface area contributed by atoms with Crippen molar-refractivity contribution in [3.8, 4) is 0 Å². The van der Waals surface area contributed by atoms with E-state index in [9.17, 15) is 14.7 Å². The summed E-state index contributed by atoms with van der Waals surface area (Å²) in [4.78, 5) is 24.6. The van der Waals surface area contributed by atoms with Gasteiger partial charge in [0.15, 0.2) is 5.60 Å². The summed E-state index contributed by atoms with van der Waals surface area (Å²) in [5.41, 5.74) is -0.925. The molecule has 0 aromatic rings. The van der Waals surface area contributed by atoms with Crippen LogP contribution in [0.4, 0.5) is 0 Å². The van der Waals surface area contributed by atoms with Crippen molar-refractivity contribution in [3.05, 3.63) is 0 Å². The first-order valence-electron chi connectivity index (χ1n) is 9.82. The molecule has 0 aromatic carbocycles. The van der Waals surface area contributed by atoms with Crippen LogP contribution in [0.3, 0.4) is 0 Å². The largest absolute Gasteiger partial charge is 0.469 e. The number of hydrogen-bond acceptors (Lipinski definition) is 9. The summed E-state index contributed by atoms with van der Waals surface area (Å²) < 4.78 is 35.0. The molecule has 5 aliphatic rings. The highest BCUT2D eigenvalue weighted by Gasteiger charge is 2.87. The Balaban J connectivity index is 1.67. The third-order valence-electron chi connectivity index (χ3n) is 7.43. The van der Waals surface area contributed by atoms with Crippen LogP contribution in [0.5, 0.6) is 0 Å². The smallest absolute Gasteiger partial charge is 0.311 e. The van der Waals surface area contributed by atoms with Crippen LogP contribution in [0.2, 0.25) is 0 Å². The summed E-state index contributed by atoms with van der Waals surface area (Å²) in [5.74, 6) is -3.65. The molecule has 2 bridgehead atoms. The molecule has 1 N–H and O–H groups in total. The van der Waals surface area contributed by atoms with Crippen LogP contribution in [0.25, 0.3) is 0 Å². The van der Waals surface area contributed by atoms with Crippen LogP contribution in [0.1, 0.15) is 19.8 Å². The lowest BCUT2D eigenvalue weighted by Gasteiger charge is -2.43. The summed E-state index contributed by atoms with van der Waals surface area (Å²) in [6, 6.07) is 0. The standard InChI is InChI=1S/C19H26O9/c1-8(20)27-14-10-6-9-12(17(22)24-3)11(21)7-18(25-4-5-26-18)19(13(9)14)16(28-19)15(10)23-2/h9-16,21H,4-7H2,1-3H3/t9-,10-,11?,12?,13+,14?,15+,16+,19-/m0/s1. The maximum absolute atomic E-state index is 12.7. The van der Waals surface area contributed by atoms with Gasteiger partial charge < -0.3 is 33.5 Å². The van der Waals surface area contributed by atoms with Gasteiger partial charge >= 0.3 is 11.9 Å². The van der Waals surface area contributed by atoms with Crippen LogP contribution in [0, 0.1) is 23.7 Å². The first-order chi connectivity index (χ1) is 13.4. The van der Waals surface area contributed by atoms with E-state index in [-0.39, 0.29) is 36.4 Å². The molecule has 5 rings (SSSR count). The highest BCUT2D eigenvalue weighted by atomic mass is 16.8. The van der Waals surface area contributed by atoms with Crippen molar-refractivity contribution >= 4 is 11.9 Å². The first-order valence-corrected chi connectivity index (χ1v) is 9.82. The lowest BCUT2D eigenvalue weighted by Crippen LogP contribution is -2.61. The Morgan fingerprint density at radius 1 is 1.11 bits per heavy atom. The van der Waals surface area contributed by atoms with Gasteiger partial charge in [-0.05, 0) is 12.3 Å². The molecule has 0 aromatic heterocycles. The van der Waals surface area contributed by atoms with Gasteiger partial charge in [-0.3, -0.25) is 9.59 Å². The second-order valence-corrected chi connectivity index (χ2v) is 8.47. The fourth-order valence-corrected chi connectivity index (χ4v) is 6.66. The lowest BCUT2D eigenvalue weighted by molar-refractivity contribution is -0.238. The molecule has 3 aliphatic carbocycles. The van der Waals surface area contributed by atoms with Crippen molar-refractivity contribution in [1.82, 2.24) is 0 Å². The second kappa shape index (κ2) is 6.12. The zero-order valence-corrected chi connectivity index (χ0v) is 16.2. The molecule has 28 heavy (non-hydrogen) atoms. The van der Waals surface area contributed by atoms with Gasteiger partial charge in [-0.1, -0.05) is 0 Å². The molecule has 2 heterocycles. The number of methoxy groups -OCH3 is 2. The average molecular weight is 398 g/mol. The van der Waals surface area contributed by atoms with E-state index in [2.05, 4.69) is 0 Å². The number of carbonyl (C=O) groups excluding carboxylic acids is 2.